The van der Waals surface area contributed by atoms with Gasteiger partial charge in [0.1, 0.15) is 4.92 Å². The summed E-state index contributed by atoms with van der Waals surface area (Å²) in [5.74, 6) is -0.183. The van der Waals surface area contributed by atoms with Crippen LogP contribution in [0.15, 0.2) is 24.3 Å². The molecule has 0 spiro atoms. The average Bonchev–Trinajstić information content (AvgIpc) is 1.90. The van der Waals surface area contributed by atoms with Crippen molar-refractivity contribution in [2.75, 3.05) is 0 Å². The molecule has 0 unspecified atom stereocenters. The van der Waals surface area contributed by atoms with Crippen LogP contribution in [-0.2, 0) is 4.74 Å². The van der Waals surface area contributed by atoms with E-state index in [1.165, 1.54) is 12.3 Å². The second-order valence-corrected chi connectivity index (χ2v) is 1.52. The Labute approximate surface area is 51.6 Å². The average molecular weight is 127 g/mol. The first kappa shape index (κ1) is 5.81. The highest BCUT2D eigenvalue weighted by Gasteiger charge is 2.10. The summed E-state index contributed by atoms with van der Waals surface area (Å²) in [5, 5.41) is 9.93. The molecule has 48 valence electrons. The molecule has 0 atom stereocenters. The maximum absolute atomic E-state index is 9.93. The van der Waals surface area contributed by atoms with E-state index in [2.05, 4.69) is 4.74 Å². The van der Waals surface area contributed by atoms with Crippen LogP contribution < -0.4 is 0 Å². The smallest absolute Gasteiger partial charge is 0.410 e. The maximum Gasteiger partial charge on any atom is 0.429 e. The minimum atomic E-state index is -0.552. The highest BCUT2D eigenvalue weighted by Crippen LogP contribution is 2.06. The van der Waals surface area contributed by atoms with E-state index in [0.29, 0.717) is 6.42 Å². The molecule has 0 aliphatic carbocycles. The predicted octanol–water partition coefficient (Wildman–Crippen LogP) is 1.04. The summed E-state index contributed by atoms with van der Waals surface area (Å²) in [4.78, 5) is 9.38. The molecule has 0 amide bonds. The summed E-state index contributed by atoms with van der Waals surface area (Å²) < 4.78 is 4.52. The summed E-state index contributed by atoms with van der Waals surface area (Å²) in [7, 11) is 0. The number of hydrogen-bond donors (Lipinski definition) is 0. The van der Waals surface area contributed by atoms with Gasteiger partial charge in [-0.05, 0) is 12.5 Å². The first-order valence-electron chi connectivity index (χ1n) is 2.47. The zero-order chi connectivity index (χ0) is 6.69. The summed E-state index contributed by atoms with van der Waals surface area (Å²) in [6, 6.07) is 0. The van der Waals surface area contributed by atoms with Crippen molar-refractivity contribution < 1.29 is 9.66 Å². The van der Waals surface area contributed by atoms with Gasteiger partial charge < -0.3 is 4.74 Å². The third-order valence-electron chi connectivity index (χ3n) is 0.894. The van der Waals surface area contributed by atoms with Gasteiger partial charge in [-0.2, -0.15) is 0 Å². The van der Waals surface area contributed by atoms with E-state index in [-0.39, 0.29) is 5.88 Å². The maximum atomic E-state index is 9.93. The molecule has 1 aliphatic heterocycles. The van der Waals surface area contributed by atoms with E-state index >= 15 is 0 Å². The SMILES string of the molecule is O=[N+]([O-])C1=CCC=CO1. The van der Waals surface area contributed by atoms with Crippen LogP contribution >= 0.6 is 0 Å². The van der Waals surface area contributed by atoms with E-state index in [1.54, 1.807) is 6.08 Å². The van der Waals surface area contributed by atoms with E-state index < -0.39 is 4.92 Å². The Morgan fingerprint density at radius 1 is 1.78 bits per heavy atom. The normalized spacial score (nSPS) is 16.2. The van der Waals surface area contributed by atoms with Gasteiger partial charge >= 0.3 is 5.88 Å². The van der Waals surface area contributed by atoms with Gasteiger partial charge in [0.25, 0.3) is 0 Å². The van der Waals surface area contributed by atoms with E-state index in [0.717, 1.165) is 0 Å². The highest BCUT2D eigenvalue weighted by atomic mass is 16.7. The highest BCUT2D eigenvalue weighted by molar-refractivity contribution is 4.97. The lowest BCUT2D eigenvalue weighted by Crippen LogP contribution is -2.01. The molecule has 0 saturated heterocycles. The Kier molecular flexibility index (Phi) is 1.48. The Morgan fingerprint density at radius 3 is 2.89 bits per heavy atom. The lowest BCUT2D eigenvalue weighted by atomic mass is 10.4. The van der Waals surface area contributed by atoms with Crippen LogP contribution in [0.4, 0.5) is 0 Å². The van der Waals surface area contributed by atoms with Crippen molar-refractivity contribution in [2.24, 2.45) is 0 Å². The molecule has 1 aliphatic rings. The van der Waals surface area contributed by atoms with Crippen molar-refractivity contribution in [1.29, 1.82) is 0 Å². The van der Waals surface area contributed by atoms with Crippen molar-refractivity contribution in [3.8, 4) is 0 Å². The molecular formula is C5H5NO3. The number of hydrogen-bond acceptors (Lipinski definition) is 3. The van der Waals surface area contributed by atoms with Crippen molar-refractivity contribution in [2.45, 2.75) is 6.42 Å². The fraction of sp³-hybridized carbons (Fsp3) is 0.200. The predicted molar refractivity (Wildman–Crippen MR) is 29.9 cm³/mol. The van der Waals surface area contributed by atoms with Crippen molar-refractivity contribution in [3.05, 3.63) is 34.4 Å². The minimum absolute atomic E-state index is 0.183. The molecule has 1 rings (SSSR count). The van der Waals surface area contributed by atoms with Crippen LogP contribution in [0.25, 0.3) is 0 Å². The number of allylic oxidation sites excluding steroid dienone is 2. The standard InChI is InChI=1S/C5H5NO3/c7-6(8)5-3-1-2-4-9-5/h2-4H,1H2. The van der Waals surface area contributed by atoms with Crippen LogP contribution in [0.3, 0.4) is 0 Å². The van der Waals surface area contributed by atoms with Crippen LogP contribution in [0, 0.1) is 10.1 Å². The Morgan fingerprint density at radius 2 is 2.56 bits per heavy atom. The zero-order valence-electron chi connectivity index (χ0n) is 4.61. The molecule has 4 heteroatoms. The van der Waals surface area contributed by atoms with Crippen LogP contribution in [0.1, 0.15) is 6.42 Å². The third-order valence-corrected chi connectivity index (χ3v) is 0.894. The molecule has 0 aromatic rings. The zero-order valence-corrected chi connectivity index (χ0v) is 4.61. The third kappa shape index (κ3) is 1.28. The van der Waals surface area contributed by atoms with Crippen molar-refractivity contribution >= 4 is 0 Å². The number of nitro groups is 1. The van der Waals surface area contributed by atoms with Gasteiger partial charge in [-0.25, -0.2) is 0 Å². The molecule has 0 N–H and O–H groups in total. The van der Waals surface area contributed by atoms with Crippen LogP contribution in [-0.4, -0.2) is 4.92 Å². The molecule has 0 aromatic carbocycles. The molecule has 0 fully saturated rings. The van der Waals surface area contributed by atoms with Crippen molar-refractivity contribution in [1.82, 2.24) is 0 Å². The Hall–Kier alpha value is -1.32. The number of nitrogens with zero attached hydrogens (tertiary/aromatic N) is 1. The van der Waals surface area contributed by atoms with E-state index in [4.69, 9.17) is 0 Å². The second kappa shape index (κ2) is 2.30. The lowest BCUT2D eigenvalue weighted by molar-refractivity contribution is -0.459. The summed E-state index contributed by atoms with van der Waals surface area (Å²) >= 11 is 0. The quantitative estimate of drug-likeness (QED) is 0.390. The van der Waals surface area contributed by atoms with E-state index in [9.17, 15) is 10.1 Å². The van der Waals surface area contributed by atoms with Gasteiger partial charge in [0, 0.05) is 6.08 Å². The van der Waals surface area contributed by atoms with Gasteiger partial charge in [0.2, 0.25) is 0 Å². The number of ether oxygens (including phenoxy) is 1. The summed E-state index contributed by atoms with van der Waals surface area (Å²) in [6.07, 6.45) is 5.02. The largest absolute Gasteiger partial charge is 0.429 e. The molecule has 0 bridgehead atoms. The fourth-order valence-electron chi connectivity index (χ4n) is 0.508. The monoisotopic (exact) mass is 127 g/mol. The molecular weight excluding hydrogens is 122 g/mol. The second-order valence-electron chi connectivity index (χ2n) is 1.52. The topological polar surface area (TPSA) is 52.4 Å². The summed E-state index contributed by atoms with van der Waals surface area (Å²) in [5.41, 5.74) is 0. The molecule has 0 radical (unpaired) electrons. The van der Waals surface area contributed by atoms with Crippen molar-refractivity contribution in [3.63, 3.8) is 0 Å². The van der Waals surface area contributed by atoms with Gasteiger partial charge in [-0.1, -0.05) is 0 Å². The molecule has 1 heterocycles. The van der Waals surface area contributed by atoms with E-state index in [1.807, 2.05) is 0 Å². The molecule has 0 aromatic heterocycles. The van der Waals surface area contributed by atoms with Crippen LogP contribution in [0.5, 0.6) is 0 Å². The fourth-order valence-corrected chi connectivity index (χ4v) is 0.508. The summed E-state index contributed by atoms with van der Waals surface area (Å²) in [6.45, 7) is 0. The van der Waals surface area contributed by atoms with Crippen LogP contribution in [0.2, 0.25) is 0 Å². The Balaban J connectivity index is 2.61. The molecule has 9 heavy (non-hydrogen) atoms. The van der Waals surface area contributed by atoms with Gasteiger partial charge in [-0.15, -0.1) is 0 Å². The lowest BCUT2D eigenvalue weighted by Gasteiger charge is -1.98. The first-order chi connectivity index (χ1) is 4.30. The van der Waals surface area contributed by atoms with Gasteiger partial charge in [0.05, 0.1) is 6.26 Å². The van der Waals surface area contributed by atoms with Gasteiger partial charge in [-0.3, -0.25) is 10.1 Å². The number of rotatable bonds is 1. The van der Waals surface area contributed by atoms with Gasteiger partial charge in [0.15, 0.2) is 0 Å². The first-order valence-corrected chi connectivity index (χ1v) is 2.47. The molecule has 0 saturated carbocycles. The Bertz CT molecular complexity index is 183. The molecule has 4 nitrogen and oxygen atoms in total. The minimum Gasteiger partial charge on any atom is -0.410 e.